The number of halogens is 2. The third-order valence-corrected chi connectivity index (χ3v) is 9.81. The molecular formula is C34H38ClFN8O2. The van der Waals surface area contributed by atoms with Crippen LogP contribution >= 0.6 is 11.6 Å². The summed E-state index contributed by atoms with van der Waals surface area (Å²) >= 11 is 6.04. The molecule has 7 rings (SSSR count). The van der Waals surface area contributed by atoms with Crippen molar-refractivity contribution in [2.75, 3.05) is 51.6 Å². The van der Waals surface area contributed by atoms with Gasteiger partial charge in [-0.3, -0.25) is 14.4 Å². The van der Waals surface area contributed by atoms with Crippen molar-refractivity contribution >= 4 is 39.9 Å². The molecule has 0 spiro atoms. The molecular weight excluding hydrogens is 607 g/mol. The molecule has 5 heterocycles. The number of hydrogen-bond acceptors (Lipinski definition) is 8. The van der Waals surface area contributed by atoms with Gasteiger partial charge in [0, 0.05) is 73.5 Å². The highest BCUT2D eigenvalue weighted by atomic mass is 35.5. The van der Waals surface area contributed by atoms with E-state index in [0.717, 1.165) is 48.2 Å². The third kappa shape index (κ3) is 6.31. The molecule has 3 fully saturated rings. The maximum Gasteiger partial charge on any atom is 0.245 e. The molecule has 0 saturated carbocycles. The Balaban J connectivity index is 1.16. The number of amides is 1. The first-order valence-corrected chi connectivity index (χ1v) is 16.3. The largest absolute Gasteiger partial charge is 0.490 e. The van der Waals surface area contributed by atoms with Gasteiger partial charge in [0.05, 0.1) is 22.8 Å². The van der Waals surface area contributed by atoms with Gasteiger partial charge in [-0.1, -0.05) is 18.2 Å². The molecule has 0 atom stereocenters. The highest BCUT2D eigenvalue weighted by Gasteiger charge is 2.35. The molecule has 1 amide bonds. The van der Waals surface area contributed by atoms with Crippen molar-refractivity contribution < 1.29 is 13.9 Å². The summed E-state index contributed by atoms with van der Waals surface area (Å²) in [7, 11) is 2.20. The number of ether oxygens (including phenoxy) is 1. The van der Waals surface area contributed by atoms with Crippen LogP contribution in [-0.4, -0.2) is 98.8 Å². The summed E-state index contributed by atoms with van der Waals surface area (Å²) in [6.45, 7) is 9.16. The minimum Gasteiger partial charge on any atom is -0.490 e. The Morgan fingerprint density at radius 1 is 1.07 bits per heavy atom. The number of rotatable bonds is 8. The van der Waals surface area contributed by atoms with Crippen LogP contribution in [0.25, 0.3) is 22.0 Å². The lowest BCUT2D eigenvalue weighted by molar-refractivity contribution is -0.127. The van der Waals surface area contributed by atoms with E-state index in [-0.39, 0.29) is 17.0 Å². The maximum absolute atomic E-state index is 13.8. The molecule has 3 aliphatic heterocycles. The molecule has 3 saturated heterocycles. The van der Waals surface area contributed by atoms with E-state index in [4.69, 9.17) is 21.4 Å². The summed E-state index contributed by atoms with van der Waals surface area (Å²) in [5, 5.41) is 8.82. The van der Waals surface area contributed by atoms with E-state index in [9.17, 15) is 9.18 Å². The van der Waals surface area contributed by atoms with E-state index in [1.807, 2.05) is 18.3 Å². The molecule has 0 radical (unpaired) electrons. The van der Waals surface area contributed by atoms with Gasteiger partial charge in [0.1, 0.15) is 29.8 Å². The van der Waals surface area contributed by atoms with Crippen LogP contribution in [0.5, 0.6) is 5.75 Å². The number of carbonyl (C=O) groups is 1. The van der Waals surface area contributed by atoms with Crippen LogP contribution in [0.3, 0.4) is 0 Å². The molecule has 46 heavy (non-hydrogen) atoms. The average molecular weight is 645 g/mol. The number of nitrogens with zero attached hydrogens (tertiary/aromatic N) is 7. The average Bonchev–Trinajstić information content (AvgIpc) is 3.52. The zero-order valence-corrected chi connectivity index (χ0v) is 26.7. The van der Waals surface area contributed by atoms with Gasteiger partial charge in [0.15, 0.2) is 0 Å². The van der Waals surface area contributed by atoms with Crippen molar-refractivity contribution in [2.24, 2.45) is 0 Å². The Kier molecular flexibility index (Phi) is 8.63. The topological polar surface area (TPSA) is 91.6 Å². The second-order valence-corrected chi connectivity index (χ2v) is 12.9. The lowest BCUT2D eigenvalue weighted by atomic mass is 9.98. The quantitative estimate of drug-likeness (QED) is 0.250. The molecule has 240 valence electrons. The monoisotopic (exact) mass is 644 g/mol. The second kappa shape index (κ2) is 13.0. The van der Waals surface area contributed by atoms with Gasteiger partial charge < -0.3 is 19.9 Å². The number of piperidine rings is 2. The standard InChI is InChI=1S/C34H38ClFN8O2/c1-3-33(45)42-12-8-26(9-13-42)46-32-16-28-31(37-21-38-34(28)40-23-4-5-30(36)29(35)14-23)15-27(32)22-17-39-44(18-22)25-19-43(20-25)24-6-10-41(2)11-7-24/h3-5,14-18,21,24-26H,1,6-13,19-20H2,2H3,(H,37,38,40). The summed E-state index contributed by atoms with van der Waals surface area (Å²) in [6.07, 6.45) is 10.6. The van der Waals surface area contributed by atoms with Crippen LogP contribution in [-0.2, 0) is 4.79 Å². The zero-order chi connectivity index (χ0) is 31.8. The third-order valence-electron chi connectivity index (χ3n) is 9.52. The van der Waals surface area contributed by atoms with Gasteiger partial charge in [-0.15, -0.1) is 0 Å². The first kappa shape index (κ1) is 30.6. The minimum absolute atomic E-state index is 0.0221. The van der Waals surface area contributed by atoms with Crippen molar-refractivity contribution in [3.05, 3.63) is 72.5 Å². The molecule has 12 heteroatoms. The second-order valence-electron chi connectivity index (χ2n) is 12.5. The summed E-state index contributed by atoms with van der Waals surface area (Å²) in [5.41, 5.74) is 3.18. The minimum atomic E-state index is -0.488. The first-order chi connectivity index (χ1) is 22.3. The fourth-order valence-electron chi connectivity index (χ4n) is 6.71. The Bertz CT molecular complexity index is 1740. The Morgan fingerprint density at radius 3 is 2.59 bits per heavy atom. The van der Waals surface area contributed by atoms with E-state index < -0.39 is 5.82 Å². The maximum atomic E-state index is 13.8. The number of fused-ring (bicyclic) bond motifs is 1. The number of anilines is 2. The van der Waals surface area contributed by atoms with Gasteiger partial charge in [-0.25, -0.2) is 14.4 Å². The van der Waals surface area contributed by atoms with E-state index >= 15 is 0 Å². The highest BCUT2D eigenvalue weighted by molar-refractivity contribution is 6.31. The van der Waals surface area contributed by atoms with Gasteiger partial charge in [0.25, 0.3) is 0 Å². The van der Waals surface area contributed by atoms with Crippen molar-refractivity contribution in [3.8, 4) is 16.9 Å². The summed E-state index contributed by atoms with van der Waals surface area (Å²) in [6, 6.07) is 9.42. The molecule has 0 bridgehead atoms. The Hall–Kier alpha value is -4.06. The summed E-state index contributed by atoms with van der Waals surface area (Å²) in [5.74, 6) is 0.695. The predicted octanol–water partition coefficient (Wildman–Crippen LogP) is 5.54. The number of hydrogen-bond donors (Lipinski definition) is 1. The smallest absolute Gasteiger partial charge is 0.245 e. The lowest BCUT2D eigenvalue weighted by Gasteiger charge is -2.46. The normalized spacial score (nSPS) is 18.9. The van der Waals surface area contributed by atoms with Gasteiger partial charge in [-0.05, 0) is 69.4 Å². The summed E-state index contributed by atoms with van der Waals surface area (Å²) in [4.78, 5) is 28.0. The van der Waals surface area contributed by atoms with E-state index in [1.54, 1.807) is 11.0 Å². The first-order valence-electron chi connectivity index (χ1n) is 15.9. The van der Waals surface area contributed by atoms with Crippen molar-refractivity contribution in [1.82, 2.24) is 34.4 Å². The van der Waals surface area contributed by atoms with Crippen LogP contribution in [0.1, 0.15) is 31.7 Å². The highest BCUT2D eigenvalue weighted by Crippen LogP contribution is 2.38. The van der Waals surface area contributed by atoms with Gasteiger partial charge in [-0.2, -0.15) is 5.10 Å². The van der Waals surface area contributed by atoms with Crippen molar-refractivity contribution in [2.45, 2.75) is 43.9 Å². The number of benzene rings is 2. The number of nitrogens with one attached hydrogen (secondary N) is 1. The van der Waals surface area contributed by atoms with Crippen LogP contribution in [0, 0.1) is 5.82 Å². The lowest BCUT2D eigenvalue weighted by Crippen LogP contribution is -2.55. The Morgan fingerprint density at radius 2 is 1.85 bits per heavy atom. The van der Waals surface area contributed by atoms with E-state index in [1.165, 1.54) is 37.4 Å². The van der Waals surface area contributed by atoms with Crippen LogP contribution in [0.4, 0.5) is 15.9 Å². The molecule has 1 N–H and O–H groups in total. The SMILES string of the molecule is C=CC(=O)N1CCC(Oc2cc3c(Nc4ccc(F)c(Cl)c4)ncnc3cc2-c2cnn(C3CN(C4CCN(C)CC4)C3)c2)CC1. The number of aromatic nitrogens is 4. The summed E-state index contributed by atoms with van der Waals surface area (Å²) < 4.78 is 22.6. The number of carbonyl (C=O) groups excluding carboxylic acids is 1. The Labute approximate surface area is 272 Å². The van der Waals surface area contributed by atoms with Crippen LogP contribution < -0.4 is 10.1 Å². The molecule has 0 unspecified atom stereocenters. The fourth-order valence-corrected chi connectivity index (χ4v) is 6.89. The van der Waals surface area contributed by atoms with Crippen molar-refractivity contribution in [1.29, 1.82) is 0 Å². The molecule has 2 aromatic heterocycles. The van der Waals surface area contributed by atoms with Crippen LogP contribution in [0.2, 0.25) is 5.02 Å². The predicted molar refractivity (Wildman–Crippen MR) is 177 cm³/mol. The van der Waals surface area contributed by atoms with Gasteiger partial charge in [0.2, 0.25) is 5.91 Å². The molecule has 0 aliphatic carbocycles. The van der Waals surface area contributed by atoms with Crippen LogP contribution in [0.15, 0.2) is 61.7 Å². The fraction of sp³-hybridized carbons (Fsp3) is 0.412. The molecule has 10 nitrogen and oxygen atoms in total. The zero-order valence-electron chi connectivity index (χ0n) is 25.9. The molecule has 4 aromatic rings. The molecule has 2 aromatic carbocycles. The van der Waals surface area contributed by atoms with E-state index in [0.29, 0.717) is 55.3 Å². The van der Waals surface area contributed by atoms with Crippen molar-refractivity contribution in [3.63, 3.8) is 0 Å². The molecule has 3 aliphatic rings. The van der Waals surface area contributed by atoms with Gasteiger partial charge >= 0.3 is 0 Å². The number of likely N-dealkylation sites (tertiary alicyclic amines) is 3. The van der Waals surface area contributed by atoms with E-state index in [2.05, 4.69) is 49.6 Å².